The molecule has 0 aliphatic carbocycles. The molecule has 1 unspecified atom stereocenters. The zero-order chi connectivity index (χ0) is 19.2. The summed E-state index contributed by atoms with van der Waals surface area (Å²) in [5.74, 6) is 1.33. The Bertz CT molecular complexity index is 477. The molecule has 6 nitrogen and oxygen atoms in total. The lowest BCUT2D eigenvalue weighted by Crippen LogP contribution is -2.57. The Morgan fingerprint density at radius 2 is 1.63 bits per heavy atom. The number of hydrogen-bond acceptors (Lipinski definition) is 3. The number of aliphatic imine (C=N–C) groups is 1. The van der Waals surface area contributed by atoms with Gasteiger partial charge in [0.2, 0.25) is 5.91 Å². The third kappa shape index (κ3) is 7.75. The van der Waals surface area contributed by atoms with E-state index in [1.165, 1.54) is 0 Å². The van der Waals surface area contributed by atoms with Gasteiger partial charge in [0, 0.05) is 52.4 Å². The number of halogens is 1. The summed E-state index contributed by atoms with van der Waals surface area (Å²) in [4.78, 5) is 24.2. The van der Waals surface area contributed by atoms with Crippen molar-refractivity contribution in [3.05, 3.63) is 0 Å². The minimum absolute atomic E-state index is 0. The van der Waals surface area contributed by atoms with Crippen LogP contribution in [0.15, 0.2) is 4.99 Å². The molecule has 0 aromatic heterocycles. The summed E-state index contributed by atoms with van der Waals surface area (Å²) in [7, 11) is 0. The van der Waals surface area contributed by atoms with E-state index in [0.717, 1.165) is 77.6 Å². The summed E-state index contributed by atoms with van der Waals surface area (Å²) < 4.78 is 0. The first-order chi connectivity index (χ1) is 12.3. The van der Waals surface area contributed by atoms with E-state index in [4.69, 9.17) is 4.99 Å². The van der Waals surface area contributed by atoms with Gasteiger partial charge in [0.15, 0.2) is 5.96 Å². The molecule has 158 valence electrons. The molecule has 0 aromatic carbocycles. The highest BCUT2D eigenvalue weighted by Crippen LogP contribution is 2.18. The standard InChI is InChI=1S/C20H39N5O.HI/c1-6-21-19(22-10-9-20(3,4)5)25-15-13-23(14-16-25)17(2)18(26)24-11-7-8-12-24;/h17H,6-16H2,1-5H3,(H,21,22);1H. The monoisotopic (exact) mass is 493 g/mol. The summed E-state index contributed by atoms with van der Waals surface area (Å²) >= 11 is 0. The second kappa shape index (κ2) is 11.4. The second-order valence-corrected chi connectivity index (χ2v) is 8.78. The SMILES string of the molecule is CCNC(=NCCC(C)(C)C)N1CCN(C(C)C(=O)N2CCCC2)CC1.I. The third-order valence-electron chi connectivity index (χ3n) is 5.39. The number of rotatable bonds is 5. The Hall–Kier alpha value is -0.570. The van der Waals surface area contributed by atoms with Crippen LogP contribution in [0.2, 0.25) is 0 Å². The lowest BCUT2D eigenvalue weighted by Gasteiger charge is -2.39. The fraction of sp³-hybridized carbons (Fsp3) is 0.900. The highest BCUT2D eigenvalue weighted by atomic mass is 127. The van der Waals surface area contributed by atoms with Crippen LogP contribution in [0.4, 0.5) is 0 Å². The van der Waals surface area contributed by atoms with Crippen LogP contribution >= 0.6 is 24.0 Å². The molecule has 0 aromatic rings. The van der Waals surface area contributed by atoms with Crippen LogP contribution in [0.1, 0.15) is 53.9 Å². The van der Waals surface area contributed by atoms with E-state index in [9.17, 15) is 4.79 Å². The van der Waals surface area contributed by atoms with E-state index in [-0.39, 0.29) is 30.0 Å². The minimum Gasteiger partial charge on any atom is -0.357 e. The summed E-state index contributed by atoms with van der Waals surface area (Å²) in [6, 6.07) is -0.00402. The number of nitrogens with one attached hydrogen (secondary N) is 1. The molecule has 27 heavy (non-hydrogen) atoms. The van der Waals surface area contributed by atoms with Crippen molar-refractivity contribution >= 4 is 35.8 Å². The van der Waals surface area contributed by atoms with Crippen LogP contribution < -0.4 is 5.32 Å². The van der Waals surface area contributed by atoms with Crippen LogP contribution in [0.5, 0.6) is 0 Å². The molecule has 0 bridgehead atoms. The van der Waals surface area contributed by atoms with Crippen LogP contribution in [0.3, 0.4) is 0 Å². The number of likely N-dealkylation sites (tertiary alicyclic amines) is 1. The quantitative estimate of drug-likeness (QED) is 0.364. The summed E-state index contributed by atoms with van der Waals surface area (Å²) in [5, 5.41) is 3.43. The highest BCUT2D eigenvalue weighted by Gasteiger charge is 2.30. The van der Waals surface area contributed by atoms with Crippen molar-refractivity contribution in [2.75, 3.05) is 52.4 Å². The highest BCUT2D eigenvalue weighted by molar-refractivity contribution is 14.0. The first-order valence-electron chi connectivity index (χ1n) is 10.4. The van der Waals surface area contributed by atoms with Gasteiger partial charge in [0.1, 0.15) is 0 Å². The topological polar surface area (TPSA) is 51.2 Å². The summed E-state index contributed by atoms with van der Waals surface area (Å²) in [6.07, 6.45) is 3.40. The van der Waals surface area contributed by atoms with E-state index in [1.54, 1.807) is 0 Å². The van der Waals surface area contributed by atoms with Crippen molar-refractivity contribution in [2.24, 2.45) is 10.4 Å². The number of amides is 1. The zero-order valence-corrected chi connectivity index (χ0v) is 20.3. The molecule has 2 saturated heterocycles. The predicted molar refractivity (Wildman–Crippen MR) is 124 cm³/mol. The van der Waals surface area contributed by atoms with Crippen molar-refractivity contribution in [3.8, 4) is 0 Å². The van der Waals surface area contributed by atoms with E-state index in [1.807, 2.05) is 4.90 Å². The number of hydrogen-bond donors (Lipinski definition) is 1. The van der Waals surface area contributed by atoms with Crippen molar-refractivity contribution in [2.45, 2.75) is 59.9 Å². The molecule has 2 rings (SSSR count). The van der Waals surface area contributed by atoms with Gasteiger partial charge in [-0.1, -0.05) is 20.8 Å². The molecule has 7 heteroatoms. The van der Waals surface area contributed by atoms with E-state index >= 15 is 0 Å². The van der Waals surface area contributed by atoms with Gasteiger partial charge in [-0.25, -0.2) is 0 Å². The fourth-order valence-electron chi connectivity index (χ4n) is 3.60. The Kier molecular flexibility index (Phi) is 10.4. The Labute approximate surface area is 183 Å². The van der Waals surface area contributed by atoms with Gasteiger partial charge in [-0.3, -0.25) is 14.7 Å². The van der Waals surface area contributed by atoms with Crippen LogP contribution in [0, 0.1) is 5.41 Å². The van der Waals surface area contributed by atoms with Crippen molar-refractivity contribution in [1.82, 2.24) is 20.0 Å². The Morgan fingerprint density at radius 1 is 1.04 bits per heavy atom. The molecule has 1 N–H and O–H groups in total. The molecule has 2 heterocycles. The molecular weight excluding hydrogens is 453 g/mol. The maximum absolute atomic E-state index is 12.6. The molecule has 2 fully saturated rings. The van der Waals surface area contributed by atoms with Gasteiger partial charge in [-0.2, -0.15) is 0 Å². The molecule has 2 aliphatic heterocycles. The van der Waals surface area contributed by atoms with Crippen molar-refractivity contribution in [3.63, 3.8) is 0 Å². The predicted octanol–water partition coefficient (Wildman–Crippen LogP) is 2.63. The van der Waals surface area contributed by atoms with E-state index in [2.05, 4.69) is 49.7 Å². The molecule has 1 atom stereocenters. The van der Waals surface area contributed by atoms with Crippen molar-refractivity contribution < 1.29 is 4.79 Å². The first-order valence-corrected chi connectivity index (χ1v) is 10.4. The molecule has 2 aliphatic rings. The Balaban J connectivity index is 0.00000364. The van der Waals surface area contributed by atoms with Gasteiger partial charge in [0.25, 0.3) is 0 Å². The smallest absolute Gasteiger partial charge is 0.239 e. The first kappa shape index (κ1) is 24.5. The van der Waals surface area contributed by atoms with Crippen LogP contribution in [0.25, 0.3) is 0 Å². The van der Waals surface area contributed by atoms with E-state index < -0.39 is 0 Å². The van der Waals surface area contributed by atoms with Crippen LogP contribution in [-0.4, -0.2) is 85.0 Å². The van der Waals surface area contributed by atoms with Gasteiger partial charge in [-0.15, -0.1) is 24.0 Å². The number of nitrogens with zero attached hydrogens (tertiary/aromatic N) is 4. The maximum Gasteiger partial charge on any atom is 0.239 e. The van der Waals surface area contributed by atoms with Crippen LogP contribution in [-0.2, 0) is 4.79 Å². The lowest BCUT2D eigenvalue weighted by atomic mass is 9.92. The average Bonchev–Trinajstić information content (AvgIpc) is 3.13. The maximum atomic E-state index is 12.6. The molecule has 1 amide bonds. The van der Waals surface area contributed by atoms with Gasteiger partial charge >= 0.3 is 0 Å². The molecule has 0 radical (unpaired) electrons. The number of carbonyl (C=O) groups is 1. The average molecular weight is 493 g/mol. The summed E-state index contributed by atoms with van der Waals surface area (Å²) in [5.41, 5.74) is 0.310. The van der Waals surface area contributed by atoms with Crippen molar-refractivity contribution in [1.29, 1.82) is 0 Å². The number of guanidine groups is 1. The molecule has 0 spiro atoms. The molecule has 0 saturated carbocycles. The normalized spacial score (nSPS) is 20.4. The summed E-state index contributed by atoms with van der Waals surface area (Å²) in [6.45, 7) is 18.3. The number of carbonyl (C=O) groups excluding carboxylic acids is 1. The van der Waals surface area contributed by atoms with Gasteiger partial charge in [-0.05, 0) is 38.5 Å². The minimum atomic E-state index is -0.00402. The van der Waals surface area contributed by atoms with E-state index in [0.29, 0.717) is 11.3 Å². The fourth-order valence-corrected chi connectivity index (χ4v) is 3.60. The van der Waals surface area contributed by atoms with Gasteiger partial charge in [0.05, 0.1) is 6.04 Å². The largest absolute Gasteiger partial charge is 0.357 e. The molecular formula is C20H40IN5O. The lowest BCUT2D eigenvalue weighted by molar-refractivity contribution is -0.135. The van der Waals surface area contributed by atoms with Gasteiger partial charge < -0.3 is 15.1 Å². The second-order valence-electron chi connectivity index (χ2n) is 8.78. The third-order valence-corrected chi connectivity index (χ3v) is 5.39. The number of piperazine rings is 1. The zero-order valence-electron chi connectivity index (χ0n) is 18.0. The Morgan fingerprint density at radius 3 is 2.15 bits per heavy atom.